The van der Waals surface area contributed by atoms with Crippen molar-refractivity contribution in [1.82, 2.24) is 5.43 Å². The molecule has 3 aromatic rings. The third-order valence-corrected chi connectivity index (χ3v) is 4.35. The van der Waals surface area contributed by atoms with Gasteiger partial charge < -0.3 is 9.47 Å². The van der Waals surface area contributed by atoms with E-state index in [-0.39, 0.29) is 5.91 Å². The number of carbonyl (C=O) groups excluding carboxylic acids is 1. The summed E-state index contributed by atoms with van der Waals surface area (Å²) in [6.45, 7) is 0.331. The van der Waals surface area contributed by atoms with Crippen LogP contribution in [-0.4, -0.2) is 19.2 Å². The number of methoxy groups -OCH3 is 1. The van der Waals surface area contributed by atoms with Gasteiger partial charge in [-0.2, -0.15) is 5.10 Å². The molecule has 0 aliphatic rings. The minimum Gasteiger partial charge on any atom is -0.496 e. The van der Waals surface area contributed by atoms with E-state index in [0.29, 0.717) is 28.7 Å². The molecule has 0 atom stereocenters. The number of para-hydroxylation sites is 2. The number of nitrogens with one attached hydrogen (secondary N) is 1. The maximum atomic E-state index is 12.3. The number of amides is 1. The number of rotatable bonds is 7. The highest BCUT2D eigenvalue weighted by atomic mass is 35.5. The quantitative estimate of drug-likeness (QED) is 0.467. The Labute approximate surface area is 168 Å². The van der Waals surface area contributed by atoms with Gasteiger partial charge in [-0.25, -0.2) is 5.43 Å². The minimum atomic E-state index is -0.358. The average Bonchev–Trinajstić information content (AvgIpc) is 2.74. The summed E-state index contributed by atoms with van der Waals surface area (Å²) in [6, 6.07) is 21.9. The standard InChI is InChI=1S/C22H19ClN2O3/c1-27-21-13-7-4-10-18(21)22(26)25-24-14-16-8-3-6-12-20(16)28-15-17-9-2-5-11-19(17)23/h2-14H,15H2,1H3,(H,25,26). The van der Waals surface area contributed by atoms with E-state index in [0.717, 1.165) is 11.1 Å². The van der Waals surface area contributed by atoms with Gasteiger partial charge in [-0.15, -0.1) is 0 Å². The number of hydrogen-bond acceptors (Lipinski definition) is 4. The summed E-state index contributed by atoms with van der Waals surface area (Å²) in [7, 11) is 1.52. The Kier molecular flexibility index (Phi) is 6.65. The molecule has 28 heavy (non-hydrogen) atoms. The number of halogens is 1. The van der Waals surface area contributed by atoms with Gasteiger partial charge in [0.2, 0.25) is 0 Å². The van der Waals surface area contributed by atoms with Gasteiger partial charge in [0.25, 0.3) is 5.91 Å². The smallest absolute Gasteiger partial charge is 0.275 e. The predicted octanol–water partition coefficient (Wildman–Crippen LogP) is 4.69. The van der Waals surface area contributed by atoms with Gasteiger partial charge in [0.15, 0.2) is 0 Å². The third-order valence-electron chi connectivity index (χ3n) is 3.98. The SMILES string of the molecule is COc1ccccc1C(=O)NN=Cc1ccccc1OCc1ccccc1Cl. The maximum absolute atomic E-state index is 12.3. The van der Waals surface area contributed by atoms with Crippen LogP contribution < -0.4 is 14.9 Å². The summed E-state index contributed by atoms with van der Waals surface area (Å²) in [5.41, 5.74) is 4.53. The second-order valence-corrected chi connectivity index (χ2v) is 6.22. The summed E-state index contributed by atoms with van der Waals surface area (Å²) >= 11 is 6.17. The monoisotopic (exact) mass is 394 g/mol. The summed E-state index contributed by atoms with van der Waals surface area (Å²) < 4.78 is 11.1. The number of nitrogens with zero attached hydrogens (tertiary/aromatic N) is 1. The van der Waals surface area contributed by atoms with Gasteiger partial charge in [0, 0.05) is 16.1 Å². The van der Waals surface area contributed by atoms with E-state index in [9.17, 15) is 4.79 Å². The summed E-state index contributed by atoms with van der Waals surface area (Å²) in [5, 5.41) is 4.69. The van der Waals surface area contributed by atoms with Crippen LogP contribution in [0.15, 0.2) is 77.9 Å². The van der Waals surface area contributed by atoms with Crippen molar-refractivity contribution in [2.45, 2.75) is 6.61 Å². The molecular formula is C22H19ClN2O3. The number of hydrogen-bond donors (Lipinski definition) is 1. The topological polar surface area (TPSA) is 59.9 Å². The number of carbonyl (C=O) groups is 1. The van der Waals surface area contributed by atoms with Crippen LogP contribution in [-0.2, 0) is 6.61 Å². The molecule has 0 radical (unpaired) electrons. The second kappa shape index (κ2) is 9.58. The zero-order chi connectivity index (χ0) is 19.8. The first-order valence-electron chi connectivity index (χ1n) is 8.60. The van der Waals surface area contributed by atoms with E-state index in [1.165, 1.54) is 13.3 Å². The molecule has 0 bridgehead atoms. The van der Waals surface area contributed by atoms with Gasteiger partial charge in [-0.3, -0.25) is 4.79 Å². The zero-order valence-electron chi connectivity index (χ0n) is 15.3. The van der Waals surface area contributed by atoms with E-state index in [2.05, 4.69) is 10.5 Å². The van der Waals surface area contributed by atoms with Crippen LogP contribution in [0, 0.1) is 0 Å². The lowest BCUT2D eigenvalue weighted by atomic mass is 10.2. The Morgan fingerprint density at radius 3 is 2.46 bits per heavy atom. The minimum absolute atomic E-state index is 0.331. The van der Waals surface area contributed by atoms with Crippen molar-refractivity contribution < 1.29 is 14.3 Å². The molecule has 0 fully saturated rings. The van der Waals surface area contributed by atoms with Crippen LogP contribution >= 0.6 is 11.6 Å². The molecule has 1 amide bonds. The molecule has 0 aliphatic carbocycles. The van der Waals surface area contributed by atoms with Crippen LogP contribution in [0.1, 0.15) is 21.5 Å². The van der Waals surface area contributed by atoms with Gasteiger partial charge >= 0.3 is 0 Å². The van der Waals surface area contributed by atoms with Crippen LogP contribution in [0.3, 0.4) is 0 Å². The van der Waals surface area contributed by atoms with Crippen molar-refractivity contribution >= 4 is 23.7 Å². The Bertz CT molecular complexity index is 989. The third kappa shape index (κ3) is 4.90. The molecule has 0 unspecified atom stereocenters. The molecule has 142 valence electrons. The fourth-order valence-electron chi connectivity index (χ4n) is 2.54. The molecule has 3 aromatic carbocycles. The van der Waals surface area contributed by atoms with Crippen molar-refractivity contribution in [3.8, 4) is 11.5 Å². The average molecular weight is 395 g/mol. The van der Waals surface area contributed by atoms with Gasteiger partial charge in [-0.1, -0.05) is 54.1 Å². The fourth-order valence-corrected chi connectivity index (χ4v) is 2.73. The molecule has 1 N–H and O–H groups in total. The first-order chi connectivity index (χ1) is 13.7. The highest BCUT2D eigenvalue weighted by molar-refractivity contribution is 6.31. The van der Waals surface area contributed by atoms with E-state index in [1.54, 1.807) is 24.3 Å². The Hall–Kier alpha value is -3.31. The molecular weight excluding hydrogens is 376 g/mol. The Balaban J connectivity index is 1.67. The van der Waals surface area contributed by atoms with Crippen molar-refractivity contribution in [2.24, 2.45) is 5.10 Å². The lowest BCUT2D eigenvalue weighted by Gasteiger charge is -2.10. The lowest BCUT2D eigenvalue weighted by molar-refractivity contribution is 0.0952. The van der Waals surface area contributed by atoms with Crippen molar-refractivity contribution in [2.75, 3.05) is 7.11 Å². The normalized spacial score (nSPS) is 10.6. The van der Waals surface area contributed by atoms with Crippen LogP contribution in [0.25, 0.3) is 0 Å². The van der Waals surface area contributed by atoms with Crippen LogP contribution in [0.4, 0.5) is 0 Å². The number of ether oxygens (including phenoxy) is 2. The first kappa shape index (κ1) is 19.5. The molecule has 0 saturated carbocycles. The lowest BCUT2D eigenvalue weighted by Crippen LogP contribution is -2.18. The van der Waals surface area contributed by atoms with E-state index < -0.39 is 0 Å². The molecule has 0 aromatic heterocycles. The number of benzene rings is 3. The molecule has 0 heterocycles. The summed E-state index contributed by atoms with van der Waals surface area (Å²) in [6.07, 6.45) is 1.54. The molecule has 5 nitrogen and oxygen atoms in total. The Morgan fingerprint density at radius 2 is 1.68 bits per heavy atom. The zero-order valence-corrected chi connectivity index (χ0v) is 16.0. The first-order valence-corrected chi connectivity index (χ1v) is 8.98. The maximum Gasteiger partial charge on any atom is 0.275 e. The van der Waals surface area contributed by atoms with E-state index in [1.807, 2.05) is 48.5 Å². The van der Waals surface area contributed by atoms with Crippen LogP contribution in [0.5, 0.6) is 11.5 Å². The van der Waals surface area contributed by atoms with Gasteiger partial charge in [0.1, 0.15) is 18.1 Å². The number of hydrazone groups is 1. The predicted molar refractivity (Wildman–Crippen MR) is 110 cm³/mol. The highest BCUT2D eigenvalue weighted by Gasteiger charge is 2.10. The van der Waals surface area contributed by atoms with Gasteiger partial charge in [0.05, 0.1) is 18.9 Å². The van der Waals surface area contributed by atoms with E-state index in [4.69, 9.17) is 21.1 Å². The Morgan fingerprint density at radius 1 is 1.00 bits per heavy atom. The molecule has 0 aliphatic heterocycles. The van der Waals surface area contributed by atoms with E-state index >= 15 is 0 Å². The summed E-state index contributed by atoms with van der Waals surface area (Å²) in [4.78, 5) is 12.3. The van der Waals surface area contributed by atoms with Crippen molar-refractivity contribution in [3.05, 3.63) is 94.5 Å². The molecule has 3 rings (SSSR count). The highest BCUT2D eigenvalue weighted by Crippen LogP contribution is 2.21. The molecule has 6 heteroatoms. The molecule has 0 spiro atoms. The van der Waals surface area contributed by atoms with Crippen molar-refractivity contribution in [1.29, 1.82) is 0 Å². The molecule has 0 saturated heterocycles. The largest absolute Gasteiger partial charge is 0.496 e. The van der Waals surface area contributed by atoms with Gasteiger partial charge in [-0.05, 0) is 30.3 Å². The summed E-state index contributed by atoms with van der Waals surface area (Å²) in [5.74, 6) is 0.763. The van der Waals surface area contributed by atoms with Crippen molar-refractivity contribution in [3.63, 3.8) is 0 Å². The van der Waals surface area contributed by atoms with Crippen LogP contribution in [0.2, 0.25) is 5.02 Å². The second-order valence-electron chi connectivity index (χ2n) is 5.82. The fraction of sp³-hybridized carbons (Fsp3) is 0.0909.